The summed E-state index contributed by atoms with van der Waals surface area (Å²) in [6.07, 6.45) is 0.863. The lowest BCUT2D eigenvalue weighted by Gasteiger charge is -2.29. The van der Waals surface area contributed by atoms with Crippen LogP contribution in [0.2, 0.25) is 0 Å². The molecule has 0 unspecified atom stereocenters. The van der Waals surface area contributed by atoms with Crippen LogP contribution < -0.4 is 5.69 Å². The number of aromatic nitrogens is 4. The minimum atomic E-state index is -2.33. The topological polar surface area (TPSA) is 190 Å². The van der Waals surface area contributed by atoms with Crippen molar-refractivity contribution in [1.29, 1.82) is 0 Å². The lowest BCUT2D eigenvalue weighted by molar-refractivity contribution is -0.129. The van der Waals surface area contributed by atoms with Crippen molar-refractivity contribution in [1.82, 2.24) is 19.1 Å². The molecule has 5 aromatic rings. The quantitative estimate of drug-likeness (QED) is 0.0696. The molecule has 240 valence electrons. The van der Waals surface area contributed by atoms with Crippen LogP contribution in [0.3, 0.4) is 0 Å². The molecule has 0 amide bonds. The zero-order valence-electron chi connectivity index (χ0n) is 24.9. The molecular weight excluding hydrogens is 622 g/mol. The number of rotatable bonds is 10. The molecular formula is C33H25N7O8. The van der Waals surface area contributed by atoms with Crippen LogP contribution in [0.5, 0.6) is 0 Å². The van der Waals surface area contributed by atoms with E-state index in [0.29, 0.717) is 0 Å². The van der Waals surface area contributed by atoms with Crippen LogP contribution in [0.4, 0.5) is 0 Å². The molecule has 0 bridgehead atoms. The summed E-state index contributed by atoms with van der Waals surface area (Å²) in [6.45, 7) is -0.803. The standard InChI is InChI=1S/C33H25N7O8/c34-38-37-33(20-45-29(41)22-10-4-1-5-11-22)27(47-31(43)24-14-8-3-9-15-24)26(46-30(42)23-12-6-2-7-13-23)28(48-33)40-18-16-25(36-32(40)44)39-19-17-35-21-39/h1-19,21,26-28H,20H2/t26-,27+,28-,33-/m1/s1. The van der Waals surface area contributed by atoms with Gasteiger partial charge in [-0.25, -0.2) is 24.2 Å². The second kappa shape index (κ2) is 13.8. The molecule has 1 aliphatic heterocycles. The number of hydrogen-bond acceptors (Lipinski definition) is 11. The average molecular weight is 648 g/mol. The van der Waals surface area contributed by atoms with Gasteiger partial charge in [0.2, 0.25) is 5.72 Å². The van der Waals surface area contributed by atoms with Crippen LogP contribution in [0.25, 0.3) is 16.3 Å². The maximum Gasteiger partial charge on any atom is 0.351 e. The number of carbonyl (C=O) groups excluding carboxylic acids is 3. The minimum Gasteiger partial charge on any atom is -0.459 e. The Kier molecular flexibility index (Phi) is 9.05. The van der Waals surface area contributed by atoms with Crippen LogP contribution in [0.15, 0.2) is 132 Å². The van der Waals surface area contributed by atoms with Gasteiger partial charge in [-0.1, -0.05) is 59.7 Å². The molecule has 15 heteroatoms. The van der Waals surface area contributed by atoms with E-state index in [9.17, 15) is 24.7 Å². The van der Waals surface area contributed by atoms with Gasteiger partial charge in [-0.3, -0.25) is 9.13 Å². The molecule has 2 aromatic heterocycles. The summed E-state index contributed by atoms with van der Waals surface area (Å²) < 4.78 is 26.0. The molecule has 0 aliphatic carbocycles. The van der Waals surface area contributed by atoms with Gasteiger partial charge in [0.25, 0.3) is 0 Å². The largest absolute Gasteiger partial charge is 0.459 e. The SMILES string of the molecule is [N-]=[N+]=N[C@]1(COC(=O)c2ccccc2)O[C@@H](n2ccc(-n3ccnc3)nc2=O)[C@H](OC(=O)c2ccccc2)[C@@H]1OC(=O)c1ccccc1. The van der Waals surface area contributed by atoms with Gasteiger partial charge < -0.3 is 18.9 Å². The first-order valence-corrected chi connectivity index (χ1v) is 14.4. The van der Waals surface area contributed by atoms with Gasteiger partial charge in [0, 0.05) is 23.5 Å². The van der Waals surface area contributed by atoms with Crippen molar-refractivity contribution in [2.45, 2.75) is 24.2 Å². The van der Waals surface area contributed by atoms with Crippen molar-refractivity contribution in [3.63, 3.8) is 0 Å². The molecule has 3 heterocycles. The van der Waals surface area contributed by atoms with E-state index < -0.39 is 54.4 Å². The Bertz CT molecular complexity index is 2020. The summed E-state index contributed by atoms with van der Waals surface area (Å²) in [7, 11) is 0. The van der Waals surface area contributed by atoms with Gasteiger partial charge in [-0.15, -0.1) is 0 Å². The molecule has 4 atom stereocenters. The Morgan fingerprint density at radius 2 is 1.42 bits per heavy atom. The summed E-state index contributed by atoms with van der Waals surface area (Å²) in [5, 5.41) is 3.81. The third-order valence-corrected chi connectivity index (χ3v) is 7.34. The highest BCUT2D eigenvalue weighted by atomic mass is 16.7. The van der Waals surface area contributed by atoms with Crippen LogP contribution in [-0.4, -0.2) is 61.5 Å². The summed E-state index contributed by atoms with van der Waals surface area (Å²) in [6, 6.07) is 25.2. The van der Waals surface area contributed by atoms with Crippen molar-refractivity contribution < 1.29 is 33.3 Å². The Hall–Kier alpha value is -6.57. The molecule has 48 heavy (non-hydrogen) atoms. The molecule has 1 fully saturated rings. The van der Waals surface area contributed by atoms with Crippen molar-refractivity contribution in [2.75, 3.05) is 6.61 Å². The normalized spacial score (nSPS) is 19.9. The fourth-order valence-electron chi connectivity index (χ4n) is 5.03. The summed E-state index contributed by atoms with van der Waals surface area (Å²) >= 11 is 0. The highest BCUT2D eigenvalue weighted by Gasteiger charge is 2.61. The molecule has 0 saturated carbocycles. The molecule has 3 aromatic carbocycles. The van der Waals surface area contributed by atoms with Crippen LogP contribution in [0, 0.1) is 0 Å². The van der Waals surface area contributed by atoms with Crippen LogP contribution in [-0.2, 0) is 18.9 Å². The first kappa shape index (κ1) is 31.4. The fourth-order valence-corrected chi connectivity index (χ4v) is 5.03. The van der Waals surface area contributed by atoms with Gasteiger partial charge in [0.15, 0.2) is 18.4 Å². The van der Waals surface area contributed by atoms with Gasteiger partial charge >= 0.3 is 23.6 Å². The van der Waals surface area contributed by atoms with E-state index >= 15 is 0 Å². The van der Waals surface area contributed by atoms with Crippen molar-refractivity contribution >= 4 is 17.9 Å². The number of imidazole rings is 1. The zero-order chi connectivity index (χ0) is 33.5. The van der Waals surface area contributed by atoms with E-state index in [4.69, 9.17) is 18.9 Å². The Morgan fingerprint density at radius 3 is 1.96 bits per heavy atom. The number of ether oxygens (including phenoxy) is 4. The highest BCUT2D eigenvalue weighted by Crippen LogP contribution is 2.43. The van der Waals surface area contributed by atoms with Gasteiger partial charge in [-0.2, -0.15) is 4.98 Å². The number of benzene rings is 3. The Balaban J connectivity index is 1.45. The van der Waals surface area contributed by atoms with E-state index in [1.54, 1.807) is 60.8 Å². The second-order valence-electron chi connectivity index (χ2n) is 10.4. The molecule has 1 aliphatic rings. The first-order valence-electron chi connectivity index (χ1n) is 14.4. The van der Waals surface area contributed by atoms with Gasteiger partial charge in [0.1, 0.15) is 18.8 Å². The predicted octanol–water partition coefficient (Wildman–Crippen LogP) is 4.27. The third kappa shape index (κ3) is 6.53. The van der Waals surface area contributed by atoms with E-state index in [1.165, 1.54) is 65.8 Å². The van der Waals surface area contributed by atoms with E-state index in [1.807, 2.05) is 0 Å². The molecule has 0 spiro atoms. The van der Waals surface area contributed by atoms with E-state index in [0.717, 1.165) is 4.57 Å². The van der Waals surface area contributed by atoms with E-state index in [2.05, 4.69) is 20.0 Å². The average Bonchev–Trinajstić information content (AvgIpc) is 3.76. The van der Waals surface area contributed by atoms with Gasteiger partial charge in [0.05, 0.1) is 16.7 Å². The number of azide groups is 1. The Morgan fingerprint density at radius 1 is 0.833 bits per heavy atom. The van der Waals surface area contributed by atoms with Gasteiger partial charge in [-0.05, 0) is 48.0 Å². The predicted molar refractivity (Wildman–Crippen MR) is 166 cm³/mol. The molecule has 1 saturated heterocycles. The summed E-state index contributed by atoms with van der Waals surface area (Å²) in [4.78, 5) is 64.4. The first-order chi connectivity index (χ1) is 23.4. The zero-order valence-corrected chi connectivity index (χ0v) is 24.9. The van der Waals surface area contributed by atoms with Crippen LogP contribution in [0.1, 0.15) is 37.3 Å². The van der Waals surface area contributed by atoms with Crippen LogP contribution >= 0.6 is 0 Å². The Labute approximate surface area is 271 Å². The smallest absolute Gasteiger partial charge is 0.351 e. The molecule has 15 nitrogen and oxygen atoms in total. The summed E-state index contributed by atoms with van der Waals surface area (Å²) in [5.41, 5.74) is 6.95. The number of carbonyl (C=O) groups is 3. The van der Waals surface area contributed by atoms with Crippen molar-refractivity contribution in [3.8, 4) is 5.82 Å². The van der Waals surface area contributed by atoms with E-state index in [-0.39, 0.29) is 22.5 Å². The third-order valence-electron chi connectivity index (χ3n) is 7.34. The highest BCUT2D eigenvalue weighted by molar-refractivity contribution is 5.91. The molecule has 6 rings (SSSR count). The monoisotopic (exact) mass is 647 g/mol. The van der Waals surface area contributed by atoms with Crippen molar-refractivity contribution in [2.24, 2.45) is 5.11 Å². The maximum atomic E-state index is 13.5. The molecule has 0 N–H and O–H groups in total. The number of hydrogen-bond donors (Lipinski definition) is 0. The second-order valence-corrected chi connectivity index (χ2v) is 10.4. The molecule has 0 radical (unpaired) electrons. The lowest BCUT2D eigenvalue weighted by atomic mass is 10.0. The summed E-state index contributed by atoms with van der Waals surface area (Å²) in [5.74, 6) is -2.37. The number of nitrogens with zero attached hydrogens (tertiary/aromatic N) is 7. The van der Waals surface area contributed by atoms with Crippen molar-refractivity contribution in [3.05, 3.63) is 160 Å². The lowest BCUT2D eigenvalue weighted by Crippen LogP contribution is -2.49. The number of esters is 3. The minimum absolute atomic E-state index is 0.105. The fraction of sp³-hybridized carbons (Fsp3) is 0.152. The maximum absolute atomic E-state index is 13.5.